The van der Waals surface area contributed by atoms with E-state index in [1.807, 2.05) is 13.8 Å². The number of carbonyl (C=O) groups is 2. The minimum atomic E-state index is -0.345. The molecule has 0 N–H and O–H groups in total. The van der Waals surface area contributed by atoms with Crippen LogP contribution in [-0.4, -0.2) is 18.4 Å². The van der Waals surface area contributed by atoms with Crippen LogP contribution < -0.4 is 0 Å². The molecule has 0 saturated heterocycles. The van der Waals surface area contributed by atoms with Gasteiger partial charge in [0.1, 0.15) is 0 Å². The van der Waals surface area contributed by atoms with Crippen LogP contribution in [0.4, 0.5) is 0 Å². The zero-order valence-electron chi connectivity index (χ0n) is 8.45. The van der Waals surface area contributed by atoms with Crippen molar-refractivity contribution in [3.8, 4) is 0 Å². The normalized spacial score (nSPS) is 15.6. The maximum absolute atomic E-state index is 11.4. The maximum Gasteiger partial charge on any atom is 0.337 e. The first kappa shape index (κ1) is 10.7. The highest BCUT2D eigenvalue weighted by Crippen LogP contribution is 2.09. The van der Waals surface area contributed by atoms with E-state index in [2.05, 4.69) is 0 Å². The molecule has 0 radical (unpaired) electrons. The summed E-state index contributed by atoms with van der Waals surface area (Å²) in [6.45, 7) is 4.36. The fourth-order valence-electron chi connectivity index (χ4n) is 1.01. The molecule has 1 aliphatic rings. The van der Waals surface area contributed by atoms with Crippen LogP contribution in [0.2, 0.25) is 0 Å². The summed E-state index contributed by atoms with van der Waals surface area (Å²) in [6, 6.07) is 0. The third kappa shape index (κ3) is 3.17. The first-order valence-electron chi connectivity index (χ1n) is 4.68. The van der Waals surface area contributed by atoms with E-state index in [9.17, 15) is 9.59 Å². The van der Waals surface area contributed by atoms with Gasteiger partial charge in [-0.25, -0.2) is 4.79 Å². The summed E-state index contributed by atoms with van der Waals surface area (Å²) in [7, 11) is 0. The number of allylic oxidation sites excluding steroid dienone is 2. The van der Waals surface area contributed by atoms with Gasteiger partial charge in [0.15, 0.2) is 5.78 Å². The standard InChI is InChI=1S/C11H14O3/c1-8(2)7-14-11(13)9-3-5-10(12)6-4-9/h3-5,8H,6-7H2,1-2H3. The predicted octanol–water partition coefficient (Wildman–Crippen LogP) is 1.64. The van der Waals surface area contributed by atoms with E-state index in [1.54, 1.807) is 6.08 Å². The van der Waals surface area contributed by atoms with Crippen molar-refractivity contribution in [3.63, 3.8) is 0 Å². The van der Waals surface area contributed by atoms with Crippen LogP contribution >= 0.6 is 0 Å². The van der Waals surface area contributed by atoms with Gasteiger partial charge in [0.05, 0.1) is 12.2 Å². The van der Waals surface area contributed by atoms with Crippen molar-refractivity contribution in [2.75, 3.05) is 6.61 Å². The lowest BCUT2D eigenvalue weighted by atomic mass is 10.1. The molecule has 0 heterocycles. The Morgan fingerprint density at radius 2 is 2.21 bits per heavy atom. The average Bonchev–Trinajstić information content (AvgIpc) is 2.15. The second-order valence-electron chi connectivity index (χ2n) is 3.66. The molecule has 3 heteroatoms. The Hall–Kier alpha value is -1.38. The maximum atomic E-state index is 11.4. The van der Waals surface area contributed by atoms with Crippen molar-refractivity contribution in [2.45, 2.75) is 20.3 Å². The van der Waals surface area contributed by atoms with E-state index in [0.717, 1.165) is 0 Å². The molecule has 0 aromatic heterocycles. The van der Waals surface area contributed by atoms with Gasteiger partial charge in [-0.15, -0.1) is 0 Å². The fraction of sp³-hybridized carbons (Fsp3) is 0.455. The Bertz CT molecular complexity index is 298. The van der Waals surface area contributed by atoms with Gasteiger partial charge in [0, 0.05) is 6.42 Å². The molecule has 1 rings (SSSR count). The van der Waals surface area contributed by atoms with Crippen molar-refractivity contribution in [1.82, 2.24) is 0 Å². The summed E-state index contributed by atoms with van der Waals surface area (Å²) < 4.78 is 5.01. The van der Waals surface area contributed by atoms with Crippen LogP contribution in [0.15, 0.2) is 23.8 Å². The van der Waals surface area contributed by atoms with Gasteiger partial charge >= 0.3 is 5.97 Å². The lowest BCUT2D eigenvalue weighted by Gasteiger charge is -2.08. The van der Waals surface area contributed by atoms with Crippen LogP contribution in [-0.2, 0) is 14.3 Å². The molecule has 0 aromatic rings. The number of hydrogen-bond acceptors (Lipinski definition) is 3. The molecule has 0 amide bonds. The Kier molecular flexibility index (Phi) is 3.63. The molecule has 0 fully saturated rings. The Labute approximate surface area is 83.4 Å². The smallest absolute Gasteiger partial charge is 0.337 e. The molecule has 0 spiro atoms. The van der Waals surface area contributed by atoms with Crippen LogP contribution in [0.1, 0.15) is 20.3 Å². The monoisotopic (exact) mass is 194 g/mol. The number of esters is 1. The van der Waals surface area contributed by atoms with Gasteiger partial charge in [0.2, 0.25) is 0 Å². The molecular formula is C11H14O3. The average molecular weight is 194 g/mol. The zero-order valence-corrected chi connectivity index (χ0v) is 8.45. The summed E-state index contributed by atoms with van der Waals surface area (Å²) in [5.74, 6) is 0.00149. The van der Waals surface area contributed by atoms with E-state index in [0.29, 0.717) is 24.5 Å². The lowest BCUT2D eigenvalue weighted by Crippen LogP contribution is -2.13. The van der Waals surface area contributed by atoms with E-state index in [-0.39, 0.29) is 11.8 Å². The summed E-state index contributed by atoms with van der Waals surface area (Å²) in [4.78, 5) is 22.2. The highest BCUT2D eigenvalue weighted by atomic mass is 16.5. The van der Waals surface area contributed by atoms with Crippen molar-refractivity contribution in [2.24, 2.45) is 5.92 Å². The number of ether oxygens (including phenoxy) is 1. The quantitative estimate of drug-likeness (QED) is 0.641. The van der Waals surface area contributed by atoms with Crippen molar-refractivity contribution in [3.05, 3.63) is 23.8 Å². The van der Waals surface area contributed by atoms with Crippen LogP contribution in [0.3, 0.4) is 0 Å². The summed E-state index contributed by atoms with van der Waals surface area (Å²) in [5.41, 5.74) is 0.477. The largest absolute Gasteiger partial charge is 0.462 e. The van der Waals surface area contributed by atoms with Crippen molar-refractivity contribution < 1.29 is 14.3 Å². The SMILES string of the molecule is CC(C)COC(=O)C1=CCC(=O)C=C1. The molecule has 3 nitrogen and oxygen atoms in total. The number of ketones is 1. The Balaban J connectivity index is 2.46. The second kappa shape index (κ2) is 4.74. The van der Waals surface area contributed by atoms with Gasteiger partial charge in [-0.05, 0) is 18.1 Å². The number of carbonyl (C=O) groups excluding carboxylic acids is 2. The summed E-state index contributed by atoms with van der Waals surface area (Å²) >= 11 is 0. The number of rotatable bonds is 3. The molecule has 14 heavy (non-hydrogen) atoms. The van der Waals surface area contributed by atoms with Gasteiger partial charge < -0.3 is 4.74 Å². The van der Waals surface area contributed by atoms with Crippen molar-refractivity contribution in [1.29, 1.82) is 0 Å². The molecule has 76 valence electrons. The van der Waals surface area contributed by atoms with Gasteiger partial charge in [-0.3, -0.25) is 4.79 Å². The minimum absolute atomic E-state index is 0.0189. The molecule has 1 aliphatic carbocycles. The molecule has 0 bridgehead atoms. The molecule has 0 unspecified atom stereocenters. The predicted molar refractivity (Wildman–Crippen MR) is 52.6 cm³/mol. The summed E-state index contributed by atoms with van der Waals surface area (Å²) in [5, 5.41) is 0. The summed E-state index contributed by atoms with van der Waals surface area (Å²) in [6.07, 6.45) is 4.81. The van der Waals surface area contributed by atoms with Crippen molar-refractivity contribution >= 4 is 11.8 Å². The first-order valence-corrected chi connectivity index (χ1v) is 4.68. The molecule has 0 atom stereocenters. The van der Waals surface area contributed by atoms with E-state index < -0.39 is 0 Å². The fourth-order valence-corrected chi connectivity index (χ4v) is 1.01. The number of hydrogen-bond donors (Lipinski definition) is 0. The Morgan fingerprint density at radius 3 is 2.71 bits per heavy atom. The van der Waals surface area contributed by atoms with E-state index in [4.69, 9.17) is 4.74 Å². The molecular weight excluding hydrogens is 180 g/mol. The van der Waals surface area contributed by atoms with Crippen LogP contribution in [0.25, 0.3) is 0 Å². The van der Waals surface area contributed by atoms with E-state index in [1.165, 1.54) is 12.2 Å². The second-order valence-corrected chi connectivity index (χ2v) is 3.66. The Morgan fingerprint density at radius 1 is 1.50 bits per heavy atom. The minimum Gasteiger partial charge on any atom is -0.462 e. The van der Waals surface area contributed by atoms with E-state index >= 15 is 0 Å². The molecule has 0 saturated carbocycles. The lowest BCUT2D eigenvalue weighted by molar-refractivity contribution is -0.139. The third-order valence-corrected chi connectivity index (χ3v) is 1.76. The highest BCUT2D eigenvalue weighted by Gasteiger charge is 2.12. The van der Waals surface area contributed by atoms with Crippen LogP contribution in [0.5, 0.6) is 0 Å². The zero-order chi connectivity index (χ0) is 10.6. The van der Waals surface area contributed by atoms with Gasteiger partial charge in [0.25, 0.3) is 0 Å². The van der Waals surface area contributed by atoms with Crippen LogP contribution in [0, 0.1) is 5.92 Å². The first-order chi connectivity index (χ1) is 6.59. The highest BCUT2D eigenvalue weighted by molar-refractivity contribution is 6.00. The van der Waals surface area contributed by atoms with Gasteiger partial charge in [-0.2, -0.15) is 0 Å². The molecule has 0 aromatic carbocycles. The molecule has 0 aliphatic heterocycles. The third-order valence-electron chi connectivity index (χ3n) is 1.76. The topological polar surface area (TPSA) is 43.4 Å². The van der Waals surface area contributed by atoms with Gasteiger partial charge in [-0.1, -0.05) is 19.9 Å².